The van der Waals surface area contributed by atoms with Crippen molar-refractivity contribution in [1.82, 2.24) is 34.8 Å². The number of rotatable bonds is 5. The molecule has 0 aromatic carbocycles. The van der Waals surface area contributed by atoms with Gasteiger partial charge < -0.3 is 9.88 Å². The van der Waals surface area contributed by atoms with Crippen molar-refractivity contribution >= 4 is 5.91 Å². The molecule has 2 aliphatic rings. The van der Waals surface area contributed by atoms with Crippen molar-refractivity contribution in [1.29, 1.82) is 0 Å². The molecule has 0 bridgehead atoms. The molecule has 2 aromatic rings. The van der Waals surface area contributed by atoms with Gasteiger partial charge in [0, 0.05) is 43.5 Å². The second-order valence-electron chi connectivity index (χ2n) is 6.98. The number of carbonyl (C=O) groups excluding carboxylic acids is 1. The Labute approximate surface area is 147 Å². The molecule has 134 valence electrons. The number of aromatic nitrogens is 5. The van der Waals surface area contributed by atoms with Crippen LogP contribution in [0.15, 0.2) is 6.20 Å². The zero-order chi connectivity index (χ0) is 17.6. The zero-order valence-electron chi connectivity index (χ0n) is 15.1. The molecule has 0 saturated heterocycles. The van der Waals surface area contributed by atoms with Crippen LogP contribution >= 0.6 is 0 Å². The van der Waals surface area contributed by atoms with Crippen LogP contribution in [0.3, 0.4) is 0 Å². The molecule has 1 amide bonds. The highest BCUT2D eigenvalue weighted by atomic mass is 16.2. The van der Waals surface area contributed by atoms with Crippen molar-refractivity contribution in [3.8, 4) is 0 Å². The molecule has 0 spiro atoms. The van der Waals surface area contributed by atoms with E-state index in [-0.39, 0.29) is 11.9 Å². The van der Waals surface area contributed by atoms with Gasteiger partial charge in [-0.1, -0.05) is 0 Å². The number of amides is 1. The lowest BCUT2D eigenvalue weighted by Gasteiger charge is -2.34. The van der Waals surface area contributed by atoms with Crippen LogP contribution in [0.2, 0.25) is 0 Å². The highest BCUT2D eigenvalue weighted by Crippen LogP contribution is 2.29. The Morgan fingerprint density at radius 2 is 2.08 bits per heavy atom. The van der Waals surface area contributed by atoms with Gasteiger partial charge in [0.2, 0.25) is 5.91 Å². The van der Waals surface area contributed by atoms with Gasteiger partial charge >= 0.3 is 0 Å². The molecule has 3 heterocycles. The SMILES string of the molecule is CCn1ncc(CN2CCn3c(C)nnc3C2C(=O)NC2CC2)c1C. The number of nitrogens with one attached hydrogen (secondary N) is 1. The highest BCUT2D eigenvalue weighted by molar-refractivity contribution is 5.83. The Hall–Kier alpha value is -2.22. The van der Waals surface area contributed by atoms with Crippen LogP contribution in [0, 0.1) is 13.8 Å². The van der Waals surface area contributed by atoms with Crippen molar-refractivity contribution in [2.45, 2.75) is 65.3 Å². The third-order valence-corrected chi connectivity index (χ3v) is 5.23. The van der Waals surface area contributed by atoms with E-state index in [4.69, 9.17) is 0 Å². The minimum atomic E-state index is -0.389. The number of aryl methyl sites for hydroxylation is 2. The Morgan fingerprint density at radius 3 is 2.76 bits per heavy atom. The first-order valence-corrected chi connectivity index (χ1v) is 9.04. The minimum absolute atomic E-state index is 0.0383. The number of fused-ring (bicyclic) bond motifs is 1. The molecule has 25 heavy (non-hydrogen) atoms. The summed E-state index contributed by atoms with van der Waals surface area (Å²) < 4.78 is 4.06. The second-order valence-corrected chi connectivity index (χ2v) is 6.98. The summed E-state index contributed by atoms with van der Waals surface area (Å²) in [6, 6.07) is -0.0572. The van der Waals surface area contributed by atoms with Gasteiger partial charge in [0.15, 0.2) is 11.9 Å². The Morgan fingerprint density at radius 1 is 1.28 bits per heavy atom. The van der Waals surface area contributed by atoms with Crippen LogP contribution in [0.25, 0.3) is 0 Å². The maximum Gasteiger partial charge on any atom is 0.245 e. The lowest BCUT2D eigenvalue weighted by atomic mass is 10.1. The maximum absolute atomic E-state index is 12.9. The lowest BCUT2D eigenvalue weighted by molar-refractivity contribution is -0.128. The predicted molar refractivity (Wildman–Crippen MR) is 91.7 cm³/mol. The summed E-state index contributed by atoms with van der Waals surface area (Å²) in [5.41, 5.74) is 2.32. The highest BCUT2D eigenvalue weighted by Gasteiger charge is 2.38. The molecule has 1 aliphatic heterocycles. The average Bonchev–Trinajstić information content (AvgIpc) is 3.24. The smallest absolute Gasteiger partial charge is 0.245 e. The lowest BCUT2D eigenvalue weighted by Crippen LogP contribution is -2.46. The van der Waals surface area contributed by atoms with Crippen LogP contribution in [0.1, 0.15) is 48.7 Å². The number of carbonyl (C=O) groups is 1. The van der Waals surface area contributed by atoms with Gasteiger partial charge in [0.25, 0.3) is 0 Å². The van der Waals surface area contributed by atoms with Gasteiger partial charge in [-0.15, -0.1) is 10.2 Å². The average molecular weight is 343 g/mol. The fourth-order valence-corrected chi connectivity index (χ4v) is 3.54. The van der Waals surface area contributed by atoms with E-state index >= 15 is 0 Å². The topological polar surface area (TPSA) is 80.9 Å². The van der Waals surface area contributed by atoms with Gasteiger partial charge in [-0.3, -0.25) is 14.4 Å². The van der Waals surface area contributed by atoms with Crippen LogP contribution < -0.4 is 5.32 Å². The van der Waals surface area contributed by atoms with E-state index in [1.807, 2.05) is 17.8 Å². The minimum Gasteiger partial charge on any atom is -0.352 e. The summed E-state index contributed by atoms with van der Waals surface area (Å²) in [4.78, 5) is 15.1. The van der Waals surface area contributed by atoms with E-state index < -0.39 is 0 Å². The van der Waals surface area contributed by atoms with E-state index in [0.29, 0.717) is 12.6 Å². The molecule has 1 saturated carbocycles. The van der Waals surface area contributed by atoms with Crippen LogP contribution in [-0.2, 0) is 24.4 Å². The van der Waals surface area contributed by atoms with Crippen molar-refractivity contribution in [3.63, 3.8) is 0 Å². The molecule has 1 fully saturated rings. The third-order valence-electron chi connectivity index (χ3n) is 5.23. The summed E-state index contributed by atoms with van der Waals surface area (Å²) in [5, 5.41) is 16.1. The summed E-state index contributed by atoms with van der Waals surface area (Å²) in [5.74, 6) is 1.66. The monoisotopic (exact) mass is 343 g/mol. The molecule has 4 rings (SSSR count). The van der Waals surface area contributed by atoms with Crippen molar-refractivity contribution in [3.05, 3.63) is 29.1 Å². The molecular formula is C17H25N7O. The number of hydrogen-bond donors (Lipinski definition) is 1. The summed E-state index contributed by atoms with van der Waals surface area (Å²) in [7, 11) is 0. The van der Waals surface area contributed by atoms with Crippen LogP contribution in [0.4, 0.5) is 0 Å². The Bertz CT molecular complexity index is 789. The molecule has 8 heteroatoms. The number of nitrogens with zero attached hydrogens (tertiary/aromatic N) is 6. The first kappa shape index (κ1) is 16.3. The summed E-state index contributed by atoms with van der Waals surface area (Å²) >= 11 is 0. The first-order valence-electron chi connectivity index (χ1n) is 9.04. The summed E-state index contributed by atoms with van der Waals surface area (Å²) in [6.07, 6.45) is 4.07. The zero-order valence-corrected chi connectivity index (χ0v) is 15.1. The molecule has 1 unspecified atom stereocenters. The maximum atomic E-state index is 12.9. The van der Waals surface area contributed by atoms with Gasteiger partial charge in [-0.05, 0) is 33.6 Å². The molecule has 1 atom stereocenters. The van der Waals surface area contributed by atoms with Crippen LogP contribution in [0.5, 0.6) is 0 Å². The second kappa shape index (κ2) is 6.25. The predicted octanol–water partition coefficient (Wildman–Crippen LogP) is 0.947. The van der Waals surface area contributed by atoms with Gasteiger partial charge in [-0.25, -0.2) is 0 Å². The molecule has 2 aromatic heterocycles. The molecule has 1 aliphatic carbocycles. The van der Waals surface area contributed by atoms with Crippen molar-refractivity contribution in [2.75, 3.05) is 6.54 Å². The van der Waals surface area contributed by atoms with Crippen LogP contribution in [-0.4, -0.2) is 47.9 Å². The third kappa shape index (κ3) is 2.95. The van der Waals surface area contributed by atoms with Crippen molar-refractivity contribution in [2.24, 2.45) is 0 Å². The van der Waals surface area contributed by atoms with Gasteiger partial charge in [0.05, 0.1) is 6.20 Å². The molecular weight excluding hydrogens is 318 g/mol. The van der Waals surface area contributed by atoms with Gasteiger partial charge in [0.1, 0.15) is 5.82 Å². The van der Waals surface area contributed by atoms with E-state index in [2.05, 4.69) is 43.9 Å². The van der Waals surface area contributed by atoms with E-state index in [9.17, 15) is 4.79 Å². The normalized spacial score (nSPS) is 20.5. The molecule has 8 nitrogen and oxygen atoms in total. The van der Waals surface area contributed by atoms with Gasteiger partial charge in [-0.2, -0.15) is 5.10 Å². The fraction of sp³-hybridized carbons (Fsp3) is 0.647. The Kier molecular flexibility index (Phi) is 4.07. The summed E-state index contributed by atoms with van der Waals surface area (Å²) in [6.45, 7) is 9.26. The standard InChI is InChI=1S/C17H25N7O/c1-4-24-11(2)13(9-18-24)10-22-7-8-23-12(3)20-21-16(23)15(22)17(25)19-14-5-6-14/h9,14-15H,4-8,10H2,1-3H3,(H,19,25). The first-order chi connectivity index (χ1) is 12.1. The largest absolute Gasteiger partial charge is 0.352 e. The van der Waals surface area contributed by atoms with E-state index in [1.165, 1.54) is 0 Å². The van der Waals surface area contributed by atoms with E-state index in [1.54, 1.807) is 0 Å². The quantitative estimate of drug-likeness (QED) is 0.874. The van der Waals surface area contributed by atoms with E-state index in [0.717, 1.165) is 55.4 Å². The molecule has 0 radical (unpaired) electrons. The Balaban J connectivity index is 1.62. The van der Waals surface area contributed by atoms with Crippen molar-refractivity contribution < 1.29 is 4.79 Å². The fourth-order valence-electron chi connectivity index (χ4n) is 3.54. The molecule has 1 N–H and O–H groups in total. The number of hydrogen-bond acceptors (Lipinski definition) is 5.